The fourth-order valence-corrected chi connectivity index (χ4v) is 2.82. The van der Waals surface area contributed by atoms with Crippen LogP contribution in [0.15, 0.2) is 18.2 Å². The van der Waals surface area contributed by atoms with E-state index < -0.39 is 0 Å². The summed E-state index contributed by atoms with van der Waals surface area (Å²) in [5.41, 5.74) is 6.81. The Morgan fingerprint density at radius 2 is 2.06 bits per heavy atom. The molecule has 0 aliphatic heterocycles. The lowest BCUT2D eigenvalue weighted by Gasteiger charge is -2.13. The summed E-state index contributed by atoms with van der Waals surface area (Å²) in [6.07, 6.45) is 0. The maximum Gasteiger partial charge on any atom is 0.149 e. The summed E-state index contributed by atoms with van der Waals surface area (Å²) >= 11 is 1.81. The van der Waals surface area contributed by atoms with Crippen LogP contribution in [-0.2, 0) is 0 Å². The molecule has 0 fully saturated rings. The lowest BCUT2D eigenvalue weighted by atomic mass is 10.1. The van der Waals surface area contributed by atoms with Gasteiger partial charge < -0.3 is 11.1 Å². The SMILES string of the molecule is Cc1cc(C(C)Nc2ccc(N)nn2)c(C)s1. The molecule has 0 aliphatic carbocycles. The zero-order valence-electron chi connectivity index (χ0n) is 10.2. The number of hydrogen-bond acceptors (Lipinski definition) is 5. The Labute approximate surface area is 105 Å². The van der Waals surface area contributed by atoms with Gasteiger partial charge in [0.05, 0.1) is 6.04 Å². The standard InChI is InChI=1S/C12H16N4S/c1-7-6-10(9(3)17-7)8(2)14-12-5-4-11(13)15-16-12/h4-6,8H,1-3H3,(H2,13,15)(H,14,16). The van der Waals surface area contributed by atoms with E-state index in [0.29, 0.717) is 5.82 Å². The molecule has 2 heterocycles. The number of thiophene rings is 1. The number of nitrogens with zero attached hydrogens (tertiary/aromatic N) is 2. The van der Waals surface area contributed by atoms with Gasteiger partial charge in [-0.05, 0) is 44.5 Å². The highest BCUT2D eigenvalue weighted by molar-refractivity contribution is 7.12. The van der Waals surface area contributed by atoms with Gasteiger partial charge in [-0.3, -0.25) is 0 Å². The van der Waals surface area contributed by atoms with Gasteiger partial charge in [-0.15, -0.1) is 21.5 Å². The second-order valence-electron chi connectivity index (χ2n) is 4.08. The van der Waals surface area contributed by atoms with Crippen molar-refractivity contribution in [3.8, 4) is 0 Å². The van der Waals surface area contributed by atoms with E-state index in [4.69, 9.17) is 5.73 Å². The average Bonchev–Trinajstić information content (AvgIpc) is 2.61. The van der Waals surface area contributed by atoms with Crippen LogP contribution in [0, 0.1) is 13.8 Å². The van der Waals surface area contributed by atoms with Crippen LogP contribution in [0.5, 0.6) is 0 Å². The fraction of sp³-hybridized carbons (Fsp3) is 0.333. The van der Waals surface area contributed by atoms with Gasteiger partial charge in [-0.2, -0.15) is 0 Å². The lowest BCUT2D eigenvalue weighted by molar-refractivity contribution is 0.859. The minimum atomic E-state index is 0.220. The third-order valence-corrected chi connectivity index (χ3v) is 3.58. The quantitative estimate of drug-likeness (QED) is 0.876. The highest BCUT2D eigenvalue weighted by atomic mass is 32.1. The van der Waals surface area contributed by atoms with Crippen LogP contribution in [0.3, 0.4) is 0 Å². The minimum absolute atomic E-state index is 0.220. The summed E-state index contributed by atoms with van der Waals surface area (Å²) < 4.78 is 0. The van der Waals surface area contributed by atoms with E-state index >= 15 is 0 Å². The van der Waals surface area contributed by atoms with E-state index in [9.17, 15) is 0 Å². The van der Waals surface area contributed by atoms with Crippen molar-refractivity contribution in [3.05, 3.63) is 33.5 Å². The molecule has 0 amide bonds. The molecule has 2 aromatic heterocycles. The Morgan fingerprint density at radius 1 is 1.29 bits per heavy atom. The molecule has 2 rings (SSSR count). The van der Waals surface area contributed by atoms with Crippen molar-refractivity contribution in [2.24, 2.45) is 0 Å². The van der Waals surface area contributed by atoms with Crippen LogP contribution in [0.4, 0.5) is 11.6 Å². The summed E-state index contributed by atoms with van der Waals surface area (Å²) in [5, 5.41) is 11.1. The maximum atomic E-state index is 5.50. The zero-order chi connectivity index (χ0) is 12.4. The number of aryl methyl sites for hydroxylation is 2. The molecule has 0 saturated carbocycles. The number of nitrogens with one attached hydrogen (secondary N) is 1. The molecule has 90 valence electrons. The molecule has 4 nitrogen and oxygen atoms in total. The van der Waals surface area contributed by atoms with Crippen LogP contribution >= 0.6 is 11.3 Å². The maximum absolute atomic E-state index is 5.50. The first-order valence-electron chi connectivity index (χ1n) is 5.49. The molecule has 2 aromatic rings. The molecule has 0 saturated heterocycles. The second kappa shape index (κ2) is 4.71. The second-order valence-corrected chi connectivity index (χ2v) is 5.54. The van der Waals surface area contributed by atoms with Crippen LogP contribution in [0.25, 0.3) is 0 Å². The van der Waals surface area contributed by atoms with Crippen LogP contribution in [0.2, 0.25) is 0 Å². The smallest absolute Gasteiger partial charge is 0.149 e. The summed E-state index contributed by atoms with van der Waals surface area (Å²) in [6, 6.07) is 6.02. The topological polar surface area (TPSA) is 63.8 Å². The first kappa shape index (κ1) is 11.9. The normalized spacial score (nSPS) is 12.4. The molecule has 1 unspecified atom stereocenters. The molecule has 1 atom stereocenters. The predicted molar refractivity (Wildman–Crippen MR) is 72.3 cm³/mol. The van der Waals surface area contributed by atoms with Crippen LogP contribution < -0.4 is 11.1 Å². The Bertz CT molecular complexity index is 504. The van der Waals surface area contributed by atoms with Gasteiger partial charge in [-0.1, -0.05) is 0 Å². The Balaban J connectivity index is 2.14. The van der Waals surface area contributed by atoms with E-state index in [1.165, 1.54) is 15.3 Å². The third-order valence-electron chi connectivity index (χ3n) is 2.60. The van der Waals surface area contributed by atoms with Gasteiger partial charge in [-0.25, -0.2) is 0 Å². The average molecular weight is 248 g/mol. The first-order chi connectivity index (χ1) is 8.06. The summed E-state index contributed by atoms with van der Waals surface area (Å²) in [4.78, 5) is 2.67. The first-order valence-corrected chi connectivity index (χ1v) is 6.30. The zero-order valence-corrected chi connectivity index (χ0v) is 11.0. The summed E-state index contributed by atoms with van der Waals surface area (Å²) in [7, 11) is 0. The van der Waals surface area contributed by atoms with Gasteiger partial charge in [0.25, 0.3) is 0 Å². The van der Waals surface area contributed by atoms with Gasteiger partial charge in [0.15, 0.2) is 0 Å². The van der Waals surface area contributed by atoms with Gasteiger partial charge in [0.1, 0.15) is 11.6 Å². The molecule has 0 spiro atoms. The van der Waals surface area contributed by atoms with Crippen molar-refractivity contribution in [2.45, 2.75) is 26.8 Å². The molecule has 0 bridgehead atoms. The van der Waals surface area contributed by atoms with Crippen molar-refractivity contribution >= 4 is 23.0 Å². The molecule has 0 aliphatic rings. The van der Waals surface area contributed by atoms with E-state index in [1.807, 2.05) is 17.4 Å². The number of hydrogen-bond donors (Lipinski definition) is 2. The highest BCUT2D eigenvalue weighted by Gasteiger charge is 2.11. The number of nitrogen functional groups attached to an aromatic ring is 1. The Morgan fingerprint density at radius 3 is 2.59 bits per heavy atom. The molecule has 0 aromatic carbocycles. The van der Waals surface area contributed by atoms with Crippen LogP contribution in [0.1, 0.15) is 28.3 Å². The van der Waals surface area contributed by atoms with Crippen LogP contribution in [-0.4, -0.2) is 10.2 Å². The van der Waals surface area contributed by atoms with Gasteiger partial charge >= 0.3 is 0 Å². The summed E-state index contributed by atoms with van der Waals surface area (Å²) in [6.45, 7) is 6.38. The Hall–Kier alpha value is -1.62. The summed E-state index contributed by atoms with van der Waals surface area (Å²) in [5.74, 6) is 1.18. The number of aromatic nitrogens is 2. The molecular weight excluding hydrogens is 232 g/mol. The fourth-order valence-electron chi connectivity index (χ4n) is 1.80. The highest BCUT2D eigenvalue weighted by Crippen LogP contribution is 2.27. The number of nitrogens with two attached hydrogens (primary N) is 1. The van der Waals surface area contributed by atoms with E-state index in [-0.39, 0.29) is 6.04 Å². The van der Waals surface area contributed by atoms with E-state index in [1.54, 1.807) is 6.07 Å². The van der Waals surface area contributed by atoms with Crippen molar-refractivity contribution < 1.29 is 0 Å². The third kappa shape index (κ3) is 2.74. The molecular formula is C12H16N4S. The molecule has 0 radical (unpaired) electrons. The predicted octanol–water partition coefficient (Wildman–Crippen LogP) is 2.91. The number of anilines is 2. The lowest BCUT2D eigenvalue weighted by Crippen LogP contribution is -2.09. The van der Waals surface area contributed by atoms with Crippen molar-refractivity contribution in [1.82, 2.24) is 10.2 Å². The number of rotatable bonds is 3. The van der Waals surface area contributed by atoms with Crippen molar-refractivity contribution in [1.29, 1.82) is 0 Å². The van der Waals surface area contributed by atoms with Crippen molar-refractivity contribution in [3.63, 3.8) is 0 Å². The monoisotopic (exact) mass is 248 g/mol. The van der Waals surface area contributed by atoms with Crippen molar-refractivity contribution in [2.75, 3.05) is 11.1 Å². The van der Waals surface area contributed by atoms with E-state index in [0.717, 1.165) is 5.82 Å². The largest absolute Gasteiger partial charge is 0.382 e. The Kier molecular flexibility index (Phi) is 3.28. The van der Waals surface area contributed by atoms with Gasteiger partial charge in [0, 0.05) is 9.75 Å². The molecule has 5 heteroatoms. The molecule has 17 heavy (non-hydrogen) atoms. The minimum Gasteiger partial charge on any atom is -0.382 e. The van der Waals surface area contributed by atoms with Gasteiger partial charge in [0.2, 0.25) is 0 Å². The molecule has 3 N–H and O–H groups in total. The van der Waals surface area contributed by atoms with E-state index in [2.05, 4.69) is 42.4 Å².